The quantitative estimate of drug-likeness (QED) is 0.424. The Labute approximate surface area is 132 Å². The van der Waals surface area contributed by atoms with Crippen LogP contribution in [-0.4, -0.2) is 43.0 Å². The van der Waals surface area contributed by atoms with Crippen LogP contribution in [0, 0.1) is 0 Å². The van der Waals surface area contributed by atoms with Crippen LogP contribution in [-0.2, 0) is 14.0 Å². The van der Waals surface area contributed by atoms with E-state index in [1.807, 2.05) is 0 Å². The highest BCUT2D eigenvalue weighted by molar-refractivity contribution is 9.10. The van der Waals surface area contributed by atoms with Crippen molar-refractivity contribution in [1.29, 1.82) is 0 Å². The predicted molar refractivity (Wildman–Crippen MR) is 87.7 cm³/mol. The second-order valence-electron chi connectivity index (χ2n) is 6.71. The van der Waals surface area contributed by atoms with Gasteiger partial charge in [-0.25, -0.2) is 0 Å². The second kappa shape index (κ2) is 7.38. The summed E-state index contributed by atoms with van der Waals surface area (Å²) in [6.07, 6.45) is -0.445. The van der Waals surface area contributed by atoms with Gasteiger partial charge >= 0.3 is 5.97 Å². The minimum atomic E-state index is -1.82. The molecule has 0 heterocycles. The van der Waals surface area contributed by atoms with Gasteiger partial charge in [-0.15, -0.1) is 0 Å². The molecular weight excluding hydrogens is 340 g/mol. The lowest BCUT2D eigenvalue weighted by molar-refractivity contribution is -0.148. The number of ether oxygens (including phenoxy) is 1. The van der Waals surface area contributed by atoms with Gasteiger partial charge in [0.2, 0.25) is 0 Å². The van der Waals surface area contributed by atoms with Crippen LogP contribution in [0.4, 0.5) is 0 Å². The molecule has 4 nitrogen and oxygen atoms in total. The molecule has 0 aliphatic carbocycles. The molecule has 0 spiro atoms. The van der Waals surface area contributed by atoms with Crippen molar-refractivity contribution < 1.29 is 19.1 Å². The van der Waals surface area contributed by atoms with Crippen LogP contribution in [0.2, 0.25) is 18.1 Å². The summed E-state index contributed by atoms with van der Waals surface area (Å²) in [7, 11) is -1.82. The summed E-state index contributed by atoms with van der Waals surface area (Å²) >= 11 is 3.27. The van der Waals surface area contributed by atoms with E-state index >= 15 is 0 Å². The number of alkyl halides is 1. The van der Waals surface area contributed by atoms with Crippen LogP contribution in [0.15, 0.2) is 0 Å². The fourth-order valence-electron chi connectivity index (χ4n) is 1.32. The Kier molecular flexibility index (Phi) is 7.41. The Balaban J connectivity index is 4.43. The fraction of sp³-hybridized carbons (Fsp3) is 0.929. The van der Waals surface area contributed by atoms with Crippen LogP contribution in [0.5, 0.6) is 0 Å². The molecule has 0 rings (SSSR count). The first kappa shape index (κ1) is 20.1. The third-order valence-corrected chi connectivity index (χ3v) is 9.35. The van der Waals surface area contributed by atoms with E-state index in [4.69, 9.17) is 9.16 Å². The van der Waals surface area contributed by atoms with Crippen molar-refractivity contribution in [2.24, 2.45) is 0 Å². The third kappa shape index (κ3) is 5.46. The topological polar surface area (TPSA) is 55.8 Å². The summed E-state index contributed by atoms with van der Waals surface area (Å²) in [6, 6.07) is 0. The molecule has 6 heteroatoms. The van der Waals surface area contributed by atoms with E-state index < -0.39 is 24.7 Å². The van der Waals surface area contributed by atoms with Gasteiger partial charge in [-0.1, -0.05) is 36.7 Å². The highest BCUT2D eigenvalue weighted by Gasteiger charge is 2.41. The molecule has 0 bridgehead atoms. The summed E-state index contributed by atoms with van der Waals surface area (Å²) in [6.45, 7) is 15.0. The molecule has 0 aromatic carbocycles. The van der Waals surface area contributed by atoms with Crippen molar-refractivity contribution in [2.75, 3.05) is 13.2 Å². The number of aliphatic hydroxyl groups excluding tert-OH is 1. The molecule has 120 valence electrons. The van der Waals surface area contributed by atoms with Crippen LogP contribution in [0.25, 0.3) is 0 Å². The lowest BCUT2D eigenvalue weighted by Crippen LogP contribution is -2.45. The van der Waals surface area contributed by atoms with Gasteiger partial charge in [-0.05, 0) is 38.4 Å². The Morgan fingerprint density at radius 1 is 1.30 bits per heavy atom. The molecule has 0 unspecified atom stereocenters. The summed E-state index contributed by atoms with van der Waals surface area (Å²) in [5.74, 6) is -0.445. The molecule has 0 saturated heterocycles. The molecule has 0 saturated carbocycles. The van der Waals surface area contributed by atoms with Crippen molar-refractivity contribution in [1.82, 2.24) is 0 Å². The Hall–Kier alpha value is 0.0869. The van der Waals surface area contributed by atoms with Crippen LogP contribution >= 0.6 is 15.9 Å². The first-order chi connectivity index (χ1) is 8.86. The first-order valence-electron chi connectivity index (χ1n) is 7.04. The number of esters is 1. The molecule has 0 fully saturated rings. The minimum absolute atomic E-state index is 0.136. The highest BCUT2D eigenvalue weighted by atomic mass is 79.9. The van der Waals surface area contributed by atoms with Crippen molar-refractivity contribution in [3.63, 3.8) is 0 Å². The van der Waals surface area contributed by atoms with Crippen LogP contribution in [0.1, 0.15) is 41.0 Å². The van der Waals surface area contributed by atoms with Gasteiger partial charge in [0.15, 0.2) is 8.32 Å². The van der Waals surface area contributed by atoms with Crippen LogP contribution in [0.3, 0.4) is 0 Å². The lowest BCUT2D eigenvalue weighted by atomic mass is 10.0. The maximum atomic E-state index is 11.8. The predicted octanol–water partition coefficient (Wildman–Crippen LogP) is 3.48. The SMILES string of the molecule is CCOC(=O)[C@](C)(Br)[C@H](O)CCO[Si](C)(C)C(C)(C)C. The number of hydrogen-bond acceptors (Lipinski definition) is 4. The van der Waals surface area contributed by atoms with Crippen molar-refractivity contribution in [2.45, 2.75) is 69.6 Å². The van der Waals surface area contributed by atoms with E-state index in [2.05, 4.69) is 49.8 Å². The Morgan fingerprint density at radius 3 is 2.20 bits per heavy atom. The summed E-state index contributed by atoms with van der Waals surface area (Å²) in [4.78, 5) is 11.8. The zero-order valence-corrected chi connectivity index (χ0v) is 16.3. The zero-order chi connectivity index (χ0) is 16.2. The Bertz CT molecular complexity index is 324. The Morgan fingerprint density at radius 2 is 1.80 bits per heavy atom. The largest absolute Gasteiger partial charge is 0.465 e. The lowest BCUT2D eigenvalue weighted by Gasteiger charge is -2.36. The molecule has 20 heavy (non-hydrogen) atoms. The van der Waals surface area contributed by atoms with Gasteiger partial charge in [0.05, 0.1) is 12.7 Å². The van der Waals surface area contributed by atoms with E-state index in [9.17, 15) is 9.90 Å². The average molecular weight is 369 g/mol. The maximum absolute atomic E-state index is 11.8. The van der Waals surface area contributed by atoms with Gasteiger partial charge in [-0.2, -0.15) is 0 Å². The molecule has 2 atom stereocenters. The van der Waals surface area contributed by atoms with Gasteiger partial charge < -0.3 is 14.3 Å². The van der Waals surface area contributed by atoms with E-state index in [1.54, 1.807) is 13.8 Å². The molecule has 0 amide bonds. The molecule has 0 radical (unpaired) electrons. The number of halogens is 1. The van der Waals surface area contributed by atoms with Gasteiger partial charge in [-0.3, -0.25) is 4.79 Å². The monoisotopic (exact) mass is 368 g/mol. The summed E-state index contributed by atoms with van der Waals surface area (Å²) in [5, 5.41) is 10.3. The van der Waals surface area contributed by atoms with E-state index in [0.29, 0.717) is 19.6 Å². The molecule has 1 N–H and O–H groups in total. The minimum Gasteiger partial charge on any atom is -0.465 e. The highest BCUT2D eigenvalue weighted by Crippen LogP contribution is 2.37. The second-order valence-corrected chi connectivity index (χ2v) is 13.2. The number of carbonyl (C=O) groups is 1. The zero-order valence-electron chi connectivity index (χ0n) is 13.7. The van der Waals surface area contributed by atoms with Gasteiger partial charge in [0.25, 0.3) is 0 Å². The number of carbonyl (C=O) groups excluding carboxylic acids is 1. The van der Waals surface area contributed by atoms with E-state index in [-0.39, 0.29) is 5.04 Å². The number of aliphatic hydroxyl groups is 1. The molecule has 0 aromatic rings. The van der Waals surface area contributed by atoms with E-state index in [1.165, 1.54) is 0 Å². The smallest absolute Gasteiger partial charge is 0.325 e. The normalized spacial score (nSPS) is 17.4. The molecule has 0 aliphatic rings. The van der Waals surface area contributed by atoms with Crippen molar-refractivity contribution >= 4 is 30.2 Å². The van der Waals surface area contributed by atoms with Gasteiger partial charge in [0, 0.05) is 6.61 Å². The molecule has 0 aromatic heterocycles. The fourth-order valence-corrected chi connectivity index (χ4v) is 2.73. The molecule has 0 aliphatic heterocycles. The standard InChI is InChI=1S/C14H29BrO4Si/c1-8-18-12(17)14(5,15)11(16)9-10-19-20(6,7)13(2,3)4/h11,16H,8-10H2,1-7H3/t11-,14-/m1/s1. The van der Waals surface area contributed by atoms with Gasteiger partial charge in [0.1, 0.15) is 4.32 Å². The molecular formula is C14H29BrO4Si. The van der Waals surface area contributed by atoms with Crippen molar-refractivity contribution in [3.05, 3.63) is 0 Å². The maximum Gasteiger partial charge on any atom is 0.325 e. The summed E-state index contributed by atoms with van der Waals surface area (Å²) < 4.78 is 9.87. The summed E-state index contributed by atoms with van der Waals surface area (Å²) in [5.41, 5.74) is 0. The number of hydrogen-bond donors (Lipinski definition) is 1. The van der Waals surface area contributed by atoms with E-state index in [0.717, 1.165) is 0 Å². The third-order valence-electron chi connectivity index (χ3n) is 3.96. The average Bonchev–Trinajstić information content (AvgIpc) is 2.27. The number of rotatable bonds is 7. The first-order valence-corrected chi connectivity index (χ1v) is 10.7. The van der Waals surface area contributed by atoms with Crippen molar-refractivity contribution in [3.8, 4) is 0 Å². The van der Waals surface area contributed by atoms with Crippen LogP contribution < -0.4 is 0 Å².